The van der Waals surface area contributed by atoms with Crippen LogP contribution < -0.4 is 10.8 Å². The first-order valence-electron chi connectivity index (χ1n) is 5.39. The molecule has 0 unspecified atom stereocenters. The number of ether oxygens (including phenoxy) is 1. The molecule has 0 aromatic rings. The first kappa shape index (κ1) is 16.9. The van der Waals surface area contributed by atoms with Gasteiger partial charge < -0.3 is 20.4 Å². The Morgan fingerprint density at radius 2 is 2.24 bits per heavy atom. The number of rotatable bonds is 3. The summed E-state index contributed by atoms with van der Waals surface area (Å²) in [5.74, 6) is -4.19. The fourth-order valence-electron chi connectivity index (χ4n) is 1.54. The van der Waals surface area contributed by atoms with Crippen molar-refractivity contribution in [1.29, 1.82) is 5.41 Å². The lowest BCUT2D eigenvalue weighted by Gasteiger charge is -2.23. The SMILES string of the molecule is C#C[C@]1(CO)O[C@@H](N=C(NO)NC(=O)C=N)C(F)(F)[C@@H]1O. The maximum Gasteiger partial charge on any atom is 0.322 e. The van der Waals surface area contributed by atoms with Crippen LogP contribution in [0.5, 0.6) is 0 Å². The zero-order valence-electron chi connectivity index (χ0n) is 10.4. The molecule has 116 valence electrons. The lowest BCUT2D eigenvalue weighted by Crippen LogP contribution is -2.48. The van der Waals surface area contributed by atoms with Crippen molar-refractivity contribution >= 4 is 18.1 Å². The van der Waals surface area contributed by atoms with Gasteiger partial charge in [0.15, 0.2) is 11.7 Å². The molecule has 11 heteroatoms. The van der Waals surface area contributed by atoms with Crippen LogP contribution in [0.2, 0.25) is 0 Å². The van der Waals surface area contributed by atoms with E-state index in [4.69, 9.17) is 22.1 Å². The predicted octanol–water partition coefficient (Wildman–Crippen LogP) is -2.20. The van der Waals surface area contributed by atoms with E-state index in [-0.39, 0.29) is 0 Å². The van der Waals surface area contributed by atoms with Crippen molar-refractivity contribution in [2.75, 3.05) is 6.61 Å². The van der Waals surface area contributed by atoms with E-state index in [0.717, 1.165) is 0 Å². The summed E-state index contributed by atoms with van der Waals surface area (Å²) in [5.41, 5.74) is -1.06. The van der Waals surface area contributed by atoms with Gasteiger partial charge in [-0.05, 0) is 0 Å². The molecule has 1 aliphatic heterocycles. The molecule has 1 fully saturated rings. The summed E-state index contributed by atoms with van der Waals surface area (Å²) < 4.78 is 32.4. The van der Waals surface area contributed by atoms with E-state index in [2.05, 4.69) is 9.73 Å². The number of hydroxylamine groups is 1. The minimum atomic E-state index is -3.99. The van der Waals surface area contributed by atoms with Crippen LogP contribution in [0, 0.1) is 17.8 Å². The van der Waals surface area contributed by atoms with E-state index in [1.165, 1.54) is 5.48 Å². The zero-order chi connectivity index (χ0) is 16.3. The molecule has 1 rings (SSSR count). The molecule has 6 N–H and O–H groups in total. The Labute approximate surface area is 117 Å². The van der Waals surface area contributed by atoms with Crippen molar-refractivity contribution in [1.82, 2.24) is 10.8 Å². The number of halogens is 2. The Hall–Kier alpha value is -2.13. The van der Waals surface area contributed by atoms with Crippen LogP contribution in [0.25, 0.3) is 0 Å². The summed E-state index contributed by atoms with van der Waals surface area (Å²) in [6.07, 6.45) is 0.350. The lowest BCUT2D eigenvalue weighted by molar-refractivity contribution is -0.114. The fourth-order valence-corrected chi connectivity index (χ4v) is 1.54. The number of alkyl halides is 2. The molecule has 9 nitrogen and oxygen atoms in total. The van der Waals surface area contributed by atoms with Crippen LogP contribution in [0.4, 0.5) is 8.78 Å². The smallest absolute Gasteiger partial charge is 0.322 e. The maximum atomic E-state index is 13.8. The van der Waals surface area contributed by atoms with E-state index < -0.39 is 42.3 Å². The Balaban J connectivity index is 3.10. The molecular formula is C10H12F2N4O5. The van der Waals surface area contributed by atoms with Crippen LogP contribution in [0.3, 0.4) is 0 Å². The molecule has 0 aliphatic carbocycles. The largest absolute Gasteiger partial charge is 0.392 e. The standard InChI is InChI=1S/C10H12F2N4O5/c1-2-9(4-17)6(19)10(11,12)7(21-9)15-8(16-20)14-5(18)3-13/h1,3,6-7,13,17,19-20H,4H2,(H2,14,15,16,18)/t6-,7-,9-/m1/s1. The second-order valence-corrected chi connectivity index (χ2v) is 3.96. The molecular weight excluding hydrogens is 294 g/mol. The third kappa shape index (κ3) is 2.98. The highest BCUT2D eigenvalue weighted by atomic mass is 19.3. The number of aliphatic hydroxyl groups excluding tert-OH is 2. The first-order chi connectivity index (χ1) is 9.77. The van der Waals surface area contributed by atoms with E-state index in [1.54, 1.807) is 11.2 Å². The van der Waals surface area contributed by atoms with Gasteiger partial charge in [-0.3, -0.25) is 15.3 Å². The van der Waals surface area contributed by atoms with Gasteiger partial charge in [0, 0.05) is 0 Å². The lowest BCUT2D eigenvalue weighted by atomic mass is 9.96. The molecule has 0 bridgehead atoms. The Kier molecular flexibility index (Phi) is 4.92. The number of aliphatic imine (C=N–C) groups is 1. The van der Waals surface area contributed by atoms with Crippen LogP contribution in [-0.4, -0.2) is 64.0 Å². The number of amides is 1. The highest BCUT2D eigenvalue weighted by Crippen LogP contribution is 2.42. The molecule has 0 aromatic heterocycles. The van der Waals surface area contributed by atoms with Gasteiger partial charge in [-0.2, -0.15) is 8.78 Å². The van der Waals surface area contributed by atoms with E-state index in [0.29, 0.717) is 6.21 Å². The number of carbonyl (C=O) groups is 1. The summed E-state index contributed by atoms with van der Waals surface area (Å²) in [5, 5.41) is 35.6. The molecule has 1 amide bonds. The van der Waals surface area contributed by atoms with Gasteiger partial charge in [-0.1, -0.05) is 5.92 Å². The Bertz CT molecular complexity index is 506. The molecule has 0 spiro atoms. The summed E-state index contributed by atoms with van der Waals surface area (Å²) in [6.45, 7) is -1.10. The van der Waals surface area contributed by atoms with Gasteiger partial charge in [0.2, 0.25) is 12.2 Å². The molecule has 0 aromatic carbocycles. The zero-order valence-corrected chi connectivity index (χ0v) is 10.4. The average Bonchev–Trinajstić information content (AvgIpc) is 2.67. The van der Waals surface area contributed by atoms with Crippen LogP contribution in [0.15, 0.2) is 4.99 Å². The Morgan fingerprint density at radius 3 is 2.62 bits per heavy atom. The minimum absolute atomic E-state index is 0.300. The van der Waals surface area contributed by atoms with E-state index in [9.17, 15) is 18.7 Å². The predicted molar refractivity (Wildman–Crippen MR) is 63.8 cm³/mol. The number of terminal acetylenes is 1. The molecule has 3 atom stereocenters. The number of hydrogen-bond donors (Lipinski definition) is 6. The van der Waals surface area contributed by atoms with Crippen LogP contribution in [0.1, 0.15) is 0 Å². The molecule has 1 aliphatic rings. The van der Waals surface area contributed by atoms with Gasteiger partial charge in [-0.15, -0.1) is 6.42 Å². The second-order valence-electron chi connectivity index (χ2n) is 3.96. The van der Waals surface area contributed by atoms with Gasteiger partial charge in [0.05, 0.1) is 12.8 Å². The monoisotopic (exact) mass is 306 g/mol. The number of carbonyl (C=O) groups excluding carboxylic acids is 1. The average molecular weight is 306 g/mol. The number of guanidine groups is 1. The van der Waals surface area contributed by atoms with Crippen molar-refractivity contribution in [2.24, 2.45) is 4.99 Å². The number of nitrogens with zero attached hydrogens (tertiary/aromatic N) is 1. The van der Waals surface area contributed by atoms with E-state index >= 15 is 0 Å². The van der Waals surface area contributed by atoms with E-state index in [1.807, 2.05) is 0 Å². The molecule has 1 heterocycles. The highest BCUT2D eigenvalue weighted by molar-refractivity contribution is 6.28. The number of hydrogen-bond acceptors (Lipinski definition) is 7. The molecule has 1 saturated heterocycles. The Morgan fingerprint density at radius 1 is 1.62 bits per heavy atom. The highest BCUT2D eigenvalue weighted by Gasteiger charge is 2.66. The molecule has 0 radical (unpaired) electrons. The van der Waals surface area contributed by atoms with Gasteiger partial charge in [-0.25, -0.2) is 10.5 Å². The quantitative estimate of drug-likeness (QED) is 0.151. The maximum absolute atomic E-state index is 13.8. The third-order valence-corrected chi connectivity index (χ3v) is 2.66. The summed E-state index contributed by atoms with van der Waals surface area (Å²) in [4.78, 5) is 14.0. The third-order valence-electron chi connectivity index (χ3n) is 2.66. The van der Waals surface area contributed by atoms with Crippen LogP contribution >= 0.6 is 0 Å². The molecule has 0 saturated carbocycles. The number of aliphatic hydroxyl groups is 2. The minimum Gasteiger partial charge on any atom is -0.392 e. The van der Waals surface area contributed by atoms with Gasteiger partial charge in [0.1, 0.15) is 0 Å². The fraction of sp³-hybridized carbons (Fsp3) is 0.500. The van der Waals surface area contributed by atoms with Crippen molar-refractivity contribution < 1.29 is 33.7 Å². The van der Waals surface area contributed by atoms with Crippen molar-refractivity contribution in [3.05, 3.63) is 0 Å². The van der Waals surface area contributed by atoms with Crippen molar-refractivity contribution in [3.63, 3.8) is 0 Å². The molecule has 21 heavy (non-hydrogen) atoms. The summed E-state index contributed by atoms with van der Waals surface area (Å²) >= 11 is 0. The number of nitrogens with one attached hydrogen (secondary N) is 3. The van der Waals surface area contributed by atoms with Crippen LogP contribution in [-0.2, 0) is 9.53 Å². The summed E-state index contributed by atoms with van der Waals surface area (Å²) in [7, 11) is 0. The van der Waals surface area contributed by atoms with Gasteiger partial charge in [0.25, 0.3) is 5.91 Å². The van der Waals surface area contributed by atoms with Crippen molar-refractivity contribution in [3.8, 4) is 12.3 Å². The topological polar surface area (TPSA) is 147 Å². The normalized spacial score (nSPS) is 31.3. The van der Waals surface area contributed by atoms with Gasteiger partial charge >= 0.3 is 5.92 Å². The van der Waals surface area contributed by atoms with Crippen molar-refractivity contribution in [2.45, 2.75) is 23.9 Å². The summed E-state index contributed by atoms with van der Waals surface area (Å²) in [6, 6.07) is 0. The first-order valence-corrected chi connectivity index (χ1v) is 5.39. The second kappa shape index (κ2) is 6.10.